The number of pyridine rings is 1. The van der Waals surface area contributed by atoms with E-state index < -0.39 is 0 Å². The van der Waals surface area contributed by atoms with Crippen LogP contribution in [0.15, 0.2) is 46.3 Å². The second-order valence-corrected chi connectivity index (χ2v) is 5.82. The molecule has 2 heterocycles. The van der Waals surface area contributed by atoms with Crippen LogP contribution < -0.4 is 14.8 Å². The van der Waals surface area contributed by atoms with Gasteiger partial charge in [0.25, 0.3) is 0 Å². The molecular weight excluding hydrogens is 284 g/mol. The Labute approximate surface area is 128 Å². The van der Waals surface area contributed by atoms with Crippen LogP contribution in [0.4, 0.5) is 5.82 Å². The first kappa shape index (κ1) is 14.1. The van der Waals surface area contributed by atoms with E-state index in [-0.39, 0.29) is 0 Å². The first-order valence-electron chi connectivity index (χ1n) is 7.12. The molecule has 0 saturated carbocycles. The Morgan fingerprint density at radius 3 is 2.76 bits per heavy atom. The molecule has 0 radical (unpaired) electrons. The lowest BCUT2D eigenvalue weighted by atomic mass is 10.3. The number of rotatable bonds is 4. The Morgan fingerprint density at radius 2 is 1.90 bits per heavy atom. The SMILES string of the molecule is CCNc1cc(Sc2ccc3c(c2)OCCCO3)ccn1. The Morgan fingerprint density at radius 1 is 1.10 bits per heavy atom. The molecule has 0 amide bonds. The van der Waals surface area contributed by atoms with Crippen LogP contribution >= 0.6 is 11.8 Å². The third-order valence-corrected chi connectivity index (χ3v) is 4.02. The Kier molecular flexibility index (Phi) is 4.50. The molecule has 5 heteroatoms. The van der Waals surface area contributed by atoms with Crippen LogP contribution in [-0.4, -0.2) is 24.7 Å². The van der Waals surface area contributed by atoms with Gasteiger partial charge in [-0.2, -0.15) is 0 Å². The molecule has 4 nitrogen and oxygen atoms in total. The molecule has 0 aliphatic carbocycles. The van der Waals surface area contributed by atoms with Gasteiger partial charge in [0.1, 0.15) is 5.82 Å². The van der Waals surface area contributed by atoms with Gasteiger partial charge in [-0.05, 0) is 37.3 Å². The van der Waals surface area contributed by atoms with Crippen LogP contribution in [0.25, 0.3) is 0 Å². The van der Waals surface area contributed by atoms with Crippen molar-refractivity contribution in [2.45, 2.75) is 23.1 Å². The second kappa shape index (κ2) is 6.72. The van der Waals surface area contributed by atoms with Crippen LogP contribution in [0.2, 0.25) is 0 Å². The molecule has 1 N–H and O–H groups in total. The van der Waals surface area contributed by atoms with E-state index in [4.69, 9.17) is 9.47 Å². The van der Waals surface area contributed by atoms with Gasteiger partial charge in [-0.1, -0.05) is 11.8 Å². The Bertz CT molecular complexity index is 619. The molecule has 1 aromatic heterocycles. The topological polar surface area (TPSA) is 43.4 Å². The highest BCUT2D eigenvalue weighted by Crippen LogP contribution is 2.36. The predicted molar refractivity (Wildman–Crippen MR) is 84.6 cm³/mol. The number of ether oxygens (including phenoxy) is 2. The zero-order valence-corrected chi connectivity index (χ0v) is 12.8. The number of nitrogens with one attached hydrogen (secondary N) is 1. The number of aromatic nitrogens is 1. The zero-order valence-electron chi connectivity index (χ0n) is 12.0. The van der Waals surface area contributed by atoms with Gasteiger partial charge < -0.3 is 14.8 Å². The fourth-order valence-corrected chi connectivity index (χ4v) is 2.97. The van der Waals surface area contributed by atoms with Crippen LogP contribution in [0.5, 0.6) is 11.5 Å². The zero-order chi connectivity index (χ0) is 14.5. The number of fused-ring (bicyclic) bond motifs is 1. The van der Waals surface area contributed by atoms with E-state index in [0.717, 1.165) is 46.7 Å². The van der Waals surface area contributed by atoms with Gasteiger partial charge in [-0.15, -0.1) is 0 Å². The Balaban J connectivity index is 1.78. The minimum Gasteiger partial charge on any atom is -0.490 e. The maximum atomic E-state index is 5.73. The molecule has 21 heavy (non-hydrogen) atoms. The average Bonchev–Trinajstić information content (AvgIpc) is 2.73. The van der Waals surface area contributed by atoms with Gasteiger partial charge in [-0.25, -0.2) is 4.98 Å². The maximum Gasteiger partial charge on any atom is 0.162 e. The lowest BCUT2D eigenvalue weighted by molar-refractivity contribution is 0.297. The molecule has 110 valence electrons. The van der Waals surface area contributed by atoms with E-state index in [1.165, 1.54) is 0 Å². The van der Waals surface area contributed by atoms with Gasteiger partial charge in [0.15, 0.2) is 11.5 Å². The van der Waals surface area contributed by atoms with Crippen molar-refractivity contribution in [3.63, 3.8) is 0 Å². The molecule has 0 fully saturated rings. The molecule has 3 rings (SSSR count). The van der Waals surface area contributed by atoms with E-state index in [1.54, 1.807) is 11.8 Å². The first-order valence-corrected chi connectivity index (χ1v) is 7.94. The molecule has 0 saturated heterocycles. The van der Waals surface area contributed by atoms with E-state index in [1.807, 2.05) is 24.4 Å². The van der Waals surface area contributed by atoms with Gasteiger partial charge in [0, 0.05) is 29.0 Å². The van der Waals surface area contributed by atoms with Gasteiger partial charge >= 0.3 is 0 Å². The normalized spacial score (nSPS) is 13.6. The van der Waals surface area contributed by atoms with Gasteiger partial charge in [0.05, 0.1) is 13.2 Å². The minimum absolute atomic E-state index is 0.709. The summed E-state index contributed by atoms with van der Waals surface area (Å²) in [6, 6.07) is 10.1. The molecule has 1 aromatic carbocycles. The number of anilines is 1. The standard InChI is InChI=1S/C16H18N2O2S/c1-2-17-16-11-13(6-7-18-16)21-12-4-5-14-15(10-12)20-9-3-8-19-14/h4-7,10-11H,2-3,8-9H2,1H3,(H,17,18). The summed E-state index contributed by atoms with van der Waals surface area (Å²) in [6.45, 7) is 4.35. The van der Waals surface area contributed by atoms with E-state index in [0.29, 0.717) is 6.61 Å². The van der Waals surface area contributed by atoms with Crippen molar-refractivity contribution in [2.24, 2.45) is 0 Å². The number of hydrogen-bond donors (Lipinski definition) is 1. The summed E-state index contributed by atoms with van der Waals surface area (Å²) in [5, 5.41) is 3.22. The molecule has 0 unspecified atom stereocenters. The monoisotopic (exact) mass is 302 g/mol. The van der Waals surface area contributed by atoms with E-state index in [2.05, 4.69) is 29.4 Å². The van der Waals surface area contributed by atoms with Crippen LogP contribution in [0.1, 0.15) is 13.3 Å². The highest BCUT2D eigenvalue weighted by atomic mass is 32.2. The van der Waals surface area contributed by atoms with Crippen molar-refractivity contribution in [1.29, 1.82) is 0 Å². The van der Waals surface area contributed by atoms with Crippen LogP contribution in [-0.2, 0) is 0 Å². The fraction of sp³-hybridized carbons (Fsp3) is 0.312. The lowest BCUT2D eigenvalue weighted by Crippen LogP contribution is -1.98. The molecule has 1 aliphatic rings. The van der Waals surface area contributed by atoms with Crippen LogP contribution in [0, 0.1) is 0 Å². The predicted octanol–water partition coefficient (Wildman–Crippen LogP) is 3.83. The van der Waals surface area contributed by atoms with Crippen molar-refractivity contribution in [2.75, 3.05) is 25.1 Å². The average molecular weight is 302 g/mol. The van der Waals surface area contributed by atoms with E-state index >= 15 is 0 Å². The smallest absolute Gasteiger partial charge is 0.162 e. The third-order valence-electron chi connectivity index (χ3n) is 3.04. The second-order valence-electron chi connectivity index (χ2n) is 4.67. The van der Waals surface area contributed by atoms with Crippen molar-refractivity contribution < 1.29 is 9.47 Å². The number of hydrogen-bond acceptors (Lipinski definition) is 5. The minimum atomic E-state index is 0.709. The van der Waals surface area contributed by atoms with Crippen molar-refractivity contribution in [1.82, 2.24) is 4.98 Å². The van der Waals surface area contributed by atoms with Crippen molar-refractivity contribution in [3.8, 4) is 11.5 Å². The van der Waals surface area contributed by atoms with Gasteiger partial charge in [-0.3, -0.25) is 0 Å². The molecule has 1 aliphatic heterocycles. The van der Waals surface area contributed by atoms with Crippen LogP contribution in [0.3, 0.4) is 0 Å². The highest BCUT2D eigenvalue weighted by Gasteiger charge is 2.11. The largest absolute Gasteiger partial charge is 0.490 e. The molecular formula is C16H18N2O2S. The maximum absolute atomic E-state index is 5.73. The van der Waals surface area contributed by atoms with Gasteiger partial charge in [0.2, 0.25) is 0 Å². The van der Waals surface area contributed by atoms with Crippen molar-refractivity contribution in [3.05, 3.63) is 36.5 Å². The molecule has 2 aromatic rings. The summed E-state index contributed by atoms with van der Waals surface area (Å²) in [5.41, 5.74) is 0. The third kappa shape index (κ3) is 3.61. The Hall–Kier alpha value is -1.88. The van der Waals surface area contributed by atoms with Crippen molar-refractivity contribution >= 4 is 17.6 Å². The summed E-state index contributed by atoms with van der Waals surface area (Å²) in [5.74, 6) is 2.57. The molecule has 0 bridgehead atoms. The molecule has 0 atom stereocenters. The summed E-state index contributed by atoms with van der Waals surface area (Å²) in [7, 11) is 0. The first-order chi connectivity index (χ1) is 10.3. The number of benzene rings is 1. The molecule has 0 spiro atoms. The summed E-state index contributed by atoms with van der Waals surface area (Å²) in [4.78, 5) is 6.57. The number of nitrogens with zero attached hydrogens (tertiary/aromatic N) is 1. The highest BCUT2D eigenvalue weighted by molar-refractivity contribution is 7.99. The fourth-order valence-electron chi connectivity index (χ4n) is 2.10. The van der Waals surface area contributed by atoms with E-state index in [9.17, 15) is 0 Å². The summed E-state index contributed by atoms with van der Waals surface area (Å²) >= 11 is 1.69. The lowest BCUT2D eigenvalue weighted by Gasteiger charge is -2.09. The quantitative estimate of drug-likeness (QED) is 0.930. The summed E-state index contributed by atoms with van der Waals surface area (Å²) < 4.78 is 11.4. The summed E-state index contributed by atoms with van der Waals surface area (Å²) in [6.07, 6.45) is 2.75.